The van der Waals surface area contributed by atoms with Crippen LogP contribution in [0.25, 0.3) is 10.2 Å². The van der Waals surface area contributed by atoms with E-state index in [0.29, 0.717) is 4.80 Å². The van der Waals surface area contributed by atoms with Crippen LogP contribution in [0.5, 0.6) is 0 Å². The molecule has 0 bridgehead atoms. The van der Waals surface area contributed by atoms with Crippen molar-refractivity contribution < 1.29 is 8.42 Å². The summed E-state index contributed by atoms with van der Waals surface area (Å²) in [7, 11) is -1.78. The number of nitrogens with zero attached hydrogens (tertiary/aromatic N) is 2. The minimum atomic E-state index is -3.63. The van der Waals surface area contributed by atoms with Crippen molar-refractivity contribution in [3.8, 4) is 0 Å². The minimum absolute atomic E-state index is 0.276. The molecule has 0 aliphatic heterocycles. The van der Waals surface area contributed by atoms with E-state index in [1.54, 1.807) is 17.5 Å². The third-order valence-corrected chi connectivity index (χ3v) is 7.49. The zero-order valence-corrected chi connectivity index (χ0v) is 15.5. The zero-order chi connectivity index (χ0) is 16.4. The first-order valence-corrected chi connectivity index (χ1v) is 10.6. The number of thiazole rings is 1. The van der Waals surface area contributed by atoms with E-state index >= 15 is 0 Å². The highest BCUT2D eigenvalue weighted by atomic mass is 32.2. The quantitative estimate of drug-likeness (QED) is 0.687. The third kappa shape index (κ3) is 3.41. The number of hydrogen-bond acceptors (Lipinski definition) is 4. The summed E-state index contributed by atoms with van der Waals surface area (Å²) in [5, 5.41) is 1.74. The Hall–Kier alpha value is -1.44. The van der Waals surface area contributed by atoms with Crippen molar-refractivity contribution in [3.05, 3.63) is 46.1 Å². The molecule has 23 heavy (non-hydrogen) atoms. The Morgan fingerprint density at radius 2 is 2.09 bits per heavy atom. The molecule has 1 aromatic carbocycles. The molecule has 0 saturated carbocycles. The fourth-order valence-corrected chi connectivity index (χ4v) is 5.64. The minimum Gasteiger partial charge on any atom is -0.319 e. The van der Waals surface area contributed by atoms with Gasteiger partial charge in [0.2, 0.25) is 4.80 Å². The first kappa shape index (κ1) is 16.4. The van der Waals surface area contributed by atoms with Gasteiger partial charge in [-0.25, -0.2) is 0 Å². The normalized spacial score (nSPS) is 13.0. The van der Waals surface area contributed by atoms with Crippen LogP contribution in [0.2, 0.25) is 0 Å². The summed E-state index contributed by atoms with van der Waals surface area (Å²) in [5.41, 5.74) is 2.30. The monoisotopic (exact) mass is 366 g/mol. The van der Waals surface area contributed by atoms with Crippen LogP contribution in [0.15, 0.2) is 44.3 Å². The van der Waals surface area contributed by atoms with Crippen LogP contribution in [-0.2, 0) is 23.5 Å². The second kappa shape index (κ2) is 6.59. The third-order valence-electron chi connectivity index (χ3n) is 3.64. The van der Waals surface area contributed by atoms with E-state index in [1.165, 1.54) is 28.2 Å². The van der Waals surface area contributed by atoms with Gasteiger partial charge in [-0.1, -0.05) is 36.8 Å². The van der Waals surface area contributed by atoms with Crippen LogP contribution >= 0.6 is 22.7 Å². The highest BCUT2D eigenvalue weighted by Crippen LogP contribution is 2.21. The second-order valence-electron chi connectivity index (χ2n) is 5.35. The SMILES string of the molecule is CCCCc1ccc2c(c1)s/c(=N\S(=O)(=O)c1cccs1)n2C. The summed E-state index contributed by atoms with van der Waals surface area (Å²) in [5.74, 6) is 0. The molecule has 7 heteroatoms. The molecule has 0 fully saturated rings. The summed E-state index contributed by atoms with van der Waals surface area (Å²) in [4.78, 5) is 0.501. The van der Waals surface area contributed by atoms with E-state index < -0.39 is 10.0 Å². The van der Waals surface area contributed by atoms with Crippen LogP contribution in [0, 0.1) is 0 Å². The summed E-state index contributed by atoms with van der Waals surface area (Å²) in [6, 6.07) is 9.61. The molecule has 0 spiro atoms. The Labute approximate surface area is 143 Å². The molecule has 2 heterocycles. The average Bonchev–Trinajstić information content (AvgIpc) is 3.15. The van der Waals surface area contributed by atoms with Crippen molar-refractivity contribution in [1.82, 2.24) is 4.57 Å². The Morgan fingerprint density at radius 1 is 1.26 bits per heavy atom. The first-order chi connectivity index (χ1) is 11.0. The van der Waals surface area contributed by atoms with Crippen molar-refractivity contribution in [2.24, 2.45) is 11.4 Å². The van der Waals surface area contributed by atoms with Crippen LogP contribution in [0.3, 0.4) is 0 Å². The second-order valence-corrected chi connectivity index (χ2v) is 9.14. The number of thiophene rings is 1. The van der Waals surface area contributed by atoms with Crippen LogP contribution in [0.4, 0.5) is 0 Å². The molecule has 0 aliphatic rings. The lowest BCUT2D eigenvalue weighted by molar-refractivity contribution is 0.598. The van der Waals surface area contributed by atoms with E-state index in [0.717, 1.165) is 29.5 Å². The Morgan fingerprint density at radius 3 is 2.78 bits per heavy atom. The van der Waals surface area contributed by atoms with Crippen molar-refractivity contribution in [2.75, 3.05) is 0 Å². The Balaban J connectivity index is 2.08. The molecule has 0 N–H and O–H groups in total. The maximum Gasteiger partial charge on any atom is 0.294 e. The van der Waals surface area contributed by atoms with E-state index in [4.69, 9.17) is 0 Å². The van der Waals surface area contributed by atoms with Gasteiger partial charge in [0.15, 0.2) is 0 Å². The molecule has 122 valence electrons. The van der Waals surface area contributed by atoms with Crippen molar-refractivity contribution in [3.63, 3.8) is 0 Å². The molecule has 0 atom stereocenters. The lowest BCUT2D eigenvalue weighted by Gasteiger charge is -2.00. The van der Waals surface area contributed by atoms with Gasteiger partial charge in [0.1, 0.15) is 4.21 Å². The molecule has 3 aromatic rings. The first-order valence-electron chi connectivity index (χ1n) is 7.44. The number of aryl methyl sites for hydroxylation is 2. The van der Waals surface area contributed by atoms with E-state index in [9.17, 15) is 8.42 Å². The molecule has 2 aromatic heterocycles. The fourth-order valence-electron chi connectivity index (χ4n) is 2.36. The summed E-state index contributed by atoms with van der Waals surface area (Å²) < 4.78 is 31.9. The van der Waals surface area contributed by atoms with Gasteiger partial charge in [0.05, 0.1) is 10.2 Å². The maximum absolute atomic E-state index is 12.3. The smallest absolute Gasteiger partial charge is 0.294 e. The predicted octanol–water partition coefficient (Wildman–Crippen LogP) is 3.93. The van der Waals surface area contributed by atoms with Gasteiger partial charge >= 0.3 is 0 Å². The summed E-state index contributed by atoms with van der Waals surface area (Å²) >= 11 is 2.60. The van der Waals surface area contributed by atoms with E-state index in [-0.39, 0.29) is 4.21 Å². The highest BCUT2D eigenvalue weighted by Gasteiger charge is 2.14. The molecule has 0 amide bonds. The number of sulfonamides is 1. The van der Waals surface area contributed by atoms with Gasteiger partial charge in [-0.2, -0.15) is 8.42 Å². The largest absolute Gasteiger partial charge is 0.319 e. The van der Waals surface area contributed by atoms with Crippen molar-refractivity contribution >= 4 is 42.9 Å². The molecular weight excluding hydrogens is 348 g/mol. The number of fused-ring (bicyclic) bond motifs is 1. The van der Waals surface area contributed by atoms with Crippen molar-refractivity contribution in [2.45, 2.75) is 30.4 Å². The number of rotatable bonds is 5. The van der Waals surface area contributed by atoms with Gasteiger partial charge in [0.25, 0.3) is 10.0 Å². The Bertz CT molecular complexity index is 980. The van der Waals surface area contributed by atoms with Crippen LogP contribution < -0.4 is 4.80 Å². The van der Waals surface area contributed by atoms with Gasteiger partial charge in [-0.05, 0) is 42.0 Å². The van der Waals surface area contributed by atoms with Gasteiger partial charge in [-0.15, -0.1) is 15.7 Å². The molecule has 3 rings (SSSR count). The van der Waals surface area contributed by atoms with Crippen LogP contribution in [0.1, 0.15) is 25.3 Å². The fraction of sp³-hybridized carbons (Fsp3) is 0.312. The summed E-state index contributed by atoms with van der Waals surface area (Å²) in [6.45, 7) is 2.18. The maximum atomic E-state index is 12.3. The predicted molar refractivity (Wildman–Crippen MR) is 96.5 cm³/mol. The lowest BCUT2D eigenvalue weighted by atomic mass is 10.1. The van der Waals surface area contributed by atoms with Crippen molar-refractivity contribution in [1.29, 1.82) is 0 Å². The standard InChI is InChI=1S/C16H18N2O2S3/c1-3-4-6-12-8-9-13-14(11-12)22-16(18(13)2)17-23(19,20)15-7-5-10-21-15/h5,7-11H,3-4,6H2,1-2H3/b17-16-. The van der Waals surface area contributed by atoms with E-state index in [2.05, 4.69) is 23.5 Å². The lowest BCUT2D eigenvalue weighted by Crippen LogP contribution is -2.13. The molecular formula is C16H18N2O2S3. The molecule has 0 saturated heterocycles. The molecule has 0 unspecified atom stereocenters. The van der Waals surface area contributed by atoms with Gasteiger partial charge < -0.3 is 4.57 Å². The van der Waals surface area contributed by atoms with Gasteiger partial charge in [0, 0.05) is 7.05 Å². The molecule has 0 aliphatic carbocycles. The number of unbranched alkanes of at least 4 members (excludes halogenated alkanes) is 1. The average molecular weight is 367 g/mol. The number of aromatic nitrogens is 1. The molecule has 0 radical (unpaired) electrons. The summed E-state index contributed by atoms with van der Waals surface area (Å²) in [6.07, 6.45) is 3.37. The molecule has 4 nitrogen and oxygen atoms in total. The highest BCUT2D eigenvalue weighted by molar-refractivity contribution is 7.92. The van der Waals surface area contributed by atoms with E-state index in [1.807, 2.05) is 17.7 Å². The number of benzene rings is 1. The Kier molecular flexibility index (Phi) is 4.70. The van der Waals surface area contributed by atoms with Crippen LogP contribution in [-0.4, -0.2) is 13.0 Å². The zero-order valence-electron chi connectivity index (χ0n) is 13.0. The van der Waals surface area contributed by atoms with Gasteiger partial charge in [-0.3, -0.25) is 0 Å². The topological polar surface area (TPSA) is 51.4 Å². The number of hydrogen-bond donors (Lipinski definition) is 0.